The summed E-state index contributed by atoms with van der Waals surface area (Å²) in [6.45, 7) is 0. The Balaban J connectivity index is 0.00000208. The molecule has 2 aromatic carbocycles. The van der Waals surface area contributed by atoms with Gasteiger partial charge in [-0.15, -0.1) is 12.4 Å². The van der Waals surface area contributed by atoms with Gasteiger partial charge in [0.1, 0.15) is 5.75 Å². The highest BCUT2D eigenvalue weighted by Crippen LogP contribution is 2.32. The average molecular weight is 367 g/mol. The van der Waals surface area contributed by atoms with Crippen molar-refractivity contribution in [2.45, 2.75) is 25.3 Å². The van der Waals surface area contributed by atoms with Gasteiger partial charge in [0, 0.05) is 6.07 Å². The molecule has 1 atom stereocenters. The zero-order chi connectivity index (χ0) is 16.4. The molecule has 4 nitrogen and oxygen atoms in total. The van der Waals surface area contributed by atoms with E-state index >= 15 is 0 Å². The molecule has 0 spiro atoms. The van der Waals surface area contributed by atoms with E-state index in [0.29, 0.717) is 22.0 Å². The van der Waals surface area contributed by atoms with E-state index in [4.69, 9.17) is 22.1 Å². The number of benzene rings is 2. The second-order valence-corrected chi connectivity index (χ2v) is 6.10. The van der Waals surface area contributed by atoms with Crippen LogP contribution in [0.25, 0.3) is 0 Å². The van der Waals surface area contributed by atoms with E-state index in [9.17, 15) is 4.79 Å². The third-order valence-corrected chi connectivity index (χ3v) is 4.57. The van der Waals surface area contributed by atoms with Crippen LogP contribution in [-0.2, 0) is 6.42 Å². The minimum atomic E-state index is -0.203. The van der Waals surface area contributed by atoms with Crippen LogP contribution in [0.4, 0.5) is 5.69 Å². The van der Waals surface area contributed by atoms with Crippen molar-refractivity contribution in [2.75, 3.05) is 12.8 Å². The van der Waals surface area contributed by atoms with Crippen molar-refractivity contribution in [1.82, 2.24) is 5.32 Å². The number of ether oxygens (including phenoxy) is 1. The zero-order valence-electron chi connectivity index (χ0n) is 13.3. The van der Waals surface area contributed by atoms with Crippen molar-refractivity contribution >= 4 is 35.6 Å². The number of hydrogen-bond donors (Lipinski definition) is 2. The quantitative estimate of drug-likeness (QED) is 0.801. The fourth-order valence-electron chi connectivity index (χ4n) is 3.06. The van der Waals surface area contributed by atoms with Crippen molar-refractivity contribution in [3.8, 4) is 5.75 Å². The SMILES string of the molecule is COc1cc(N)c(Cl)cc1C(=O)NC1CCCc2ccccc21.Cl. The van der Waals surface area contributed by atoms with Gasteiger partial charge in [-0.25, -0.2) is 0 Å². The lowest BCUT2D eigenvalue weighted by Crippen LogP contribution is -2.31. The second kappa shape index (κ2) is 7.77. The molecule has 6 heteroatoms. The molecular weight excluding hydrogens is 347 g/mol. The summed E-state index contributed by atoms with van der Waals surface area (Å²) in [5, 5.41) is 3.44. The van der Waals surface area contributed by atoms with E-state index in [0.717, 1.165) is 19.3 Å². The summed E-state index contributed by atoms with van der Waals surface area (Å²) in [5.74, 6) is 0.221. The molecule has 0 bridgehead atoms. The topological polar surface area (TPSA) is 64.3 Å². The molecule has 24 heavy (non-hydrogen) atoms. The van der Waals surface area contributed by atoms with Crippen LogP contribution in [-0.4, -0.2) is 13.0 Å². The minimum absolute atomic E-state index is 0. The Morgan fingerprint density at radius 2 is 2.08 bits per heavy atom. The highest BCUT2D eigenvalue weighted by molar-refractivity contribution is 6.33. The van der Waals surface area contributed by atoms with Crippen LogP contribution in [0.2, 0.25) is 5.02 Å². The van der Waals surface area contributed by atoms with E-state index in [-0.39, 0.29) is 24.4 Å². The number of anilines is 1. The molecule has 0 radical (unpaired) electrons. The molecule has 3 N–H and O–H groups in total. The van der Waals surface area contributed by atoms with Crippen LogP contribution in [0.5, 0.6) is 5.75 Å². The van der Waals surface area contributed by atoms with E-state index in [1.807, 2.05) is 12.1 Å². The van der Waals surface area contributed by atoms with E-state index in [1.165, 1.54) is 18.2 Å². The molecule has 1 aliphatic rings. The Morgan fingerprint density at radius 1 is 1.33 bits per heavy atom. The molecule has 128 valence electrons. The predicted octanol–water partition coefficient (Wildman–Crippen LogP) is 4.16. The maximum atomic E-state index is 12.7. The number of nitrogens with one attached hydrogen (secondary N) is 1. The summed E-state index contributed by atoms with van der Waals surface area (Å²) >= 11 is 6.05. The molecule has 0 aromatic heterocycles. The van der Waals surface area contributed by atoms with Crippen LogP contribution >= 0.6 is 24.0 Å². The highest BCUT2D eigenvalue weighted by atomic mass is 35.5. The van der Waals surface area contributed by atoms with Gasteiger partial charge < -0.3 is 15.8 Å². The standard InChI is InChI=1S/C18H19ClN2O2.ClH/c1-23-17-10-15(20)14(19)9-13(17)18(22)21-16-8-4-6-11-5-2-3-7-12(11)16;/h2-3,5,7,9-10,16H,4,6,8,20H2,1H3,(H,21,22);1H. The lowest BCUT2D eigenvalue weighted by atomic mass is 9.87. The number of hydrogen-bond acceptors (Lipinski definition) is 3. The number of amides is 1. The molecular formula is C18H20Cl2N2O2. The molecule has 3 rings (SSSR count). The second-order valence-electron chi connectivity index (χ2n) is 5.69. The number of nitrogens with two attached hydrogens (primary N) is 1. The van der Waals surface area contributed by atoms with Gasteiger partial charge in [-0.2, -0.15) is 0 Å². The summed E-state index contributed by atoms with van der Waals surface area (Å²) < 4.78 is 5.26. The lowest BCUT2D eigenvalue weighted by Gasteiger charge is -2.26. The fourth-order valence-corrected chi connectivity index (χ4v) is 3.22. The summed E-state index contributed by atoms with van der Waals surface area (Å²) in [5.41, 5.74) is 9.04. The zero-order valence-corrected chi connectivity index (χ0v) is 14.9. The summed E-state index contributed by atoms with van der Waals surface area (Å²) in [4.78, 5) is 12.7. The molecule has 1 unspecified atom stereocenters. The monoisotopic (exact) mass is 366 g/mol. The van der Waals surface area contributed by atoms with Crippen LogP contribution in [0, 0.1) is 0 Å². The maximum absolute atomic E-state index is 12.7. The maximum Gasteiger partial charge on any atom is 0.255 e. The average Bonchev–Trinajstić information content (AvgIpc) is 2.57. The number of methoxy groups -OCH3 is 1. The first-order chi connectivity index (χ1) is 11.1. The van der Waals surface area contributed by atoms with Crippen LogP contribution in [0.3, 0.4) is 0 Å². The van der Waals surface area contributed by atoms with Gasteiger partial charge >= 0.3 is 0 Å². The smallest absolute Gasteiger partial charge is 0.255 e. The Bertz CT molecular complexity index is 750. The summed E-state index contributed by atoms with van der Waals surface area (Å²) in [6, 6.07) is 11.4. The van der Waals surface area contributed by atoms with Crippen molar-refractivity contribution in [1.29, 1.82) is 0 Å². The Hall–Kier alpha value is -1.91. The van der Waals surface area contributed by atoms with Crippen LogP contribution < -0.4 is 15.8 Å². The van der Waals surface area contributed by atoms with Crippen molar-refractivity contribution in [3.05, 3.63) is 58.1 Å². The highest BCUT2D eigenvalue weighted by Gasteiger charge is 2.23. The number of carbonyl (C=O) groups is 1. The molecule has 1 aliphatic carbocycles. The van der Waals surface area contributed by atoms with Gasteiger partial charge in [0.2, 0.25) is 0 Å². The molecule has 0 heterocycles. The molecule has 0 aliphatic heterocycles. The fraction of sp³-hybridized carbons (Fsp3) is 0.278. The number of carbonyl (C=O) groups excluding carboxylic acids is 1. The normalized spacial score (nSPS) is 15.8. The molecule has 1 amide bonds. The van der Waals surface area contributed by atoms with Gasteiger partial charge in [0.25, 0.3) is 5.91 Å². The van der Waals surface area contributed by atoms with Gasteiger partial charge in [-0.3, -0.25) is 4.79 Å². The van der Waals surface area contributed by atoms with E-state index < -0.39 is 0 Å². The van der Waals surface area contributed by atoms with Gasteiger partial charge in [0.15, 0.2) is 0 Å². The molecule has 0 fully saturated rings. The summed E-state index contributed by atoms with van der Waals surface area (Å²) in [6.07, 6.45) is 3.04. The first-order valence-corrected chi connectivity index (χ1v) is 7.99. The number of nitrogen functional groups attached to an aromatic ring is 1. The number of rotatable bonds is 3. The van der Waals surface area contributed by atoms with Crippen LogP contribution in [0.1, 0.15) is 40.4 Å². The molecule has 0 saturated carbocycles. The molecule has 0 saturated heterocycles. The van der Waals surface area contributed by atoms with Gasteiger partial charge in [-0.05, 0) is 36.5 Å². The Morgan fingerprint density at radius 3 is 2.83 bits per heavy atom. The van der Waals surface area contributed by atoms with Crippen molar-refractivity contribution < 1.29 is 9.53 Å². The van der Waals surface area contributed by atoms with Gasteiger partial charge in [0.05, 0.1) is 29.4 Å². The van der Waals surface area contributed by atoms with Crippen LogP contribution in [0.15, 0.2) is 36.4 Å². The third kappa shape index (κ3) is 3.60. The summed E-state index contributed by atoms with van der Waals surface area (Å²) in [7, 11) is 1.51. The number of fused-ring (bicyclic) bond motifs is 1. The first kappa shape index (κ1) is 18.4. The predicted molar refractivity (Wildman–Crippen MR) is 99.3 cm³/mol. The Labute approximate surface area is 152 Å². The minimum Gasteiger partial charge on any atom is -0.496 e. The number of aryl methyl sites for hydroxylation is 1. The third-order valence-electron chi connectivity index (χ3n) is 4.24. The number of halogens is 2. The first-order valence-electron chi connectivity index (χ1n) is 7.62. The Kier molecular flexibility index (Phi) is 5.97. The van der Waals surface area contributed by atoms with Crippen molar-refractivity contribution in [3.63, 3.8) is 0 Å². The van der Waals surface area contributed by atoms with Crippen molar-refractivity contribution in [2.24, 2.45) is 0 Å². The largest absolute Gasteiger partial charge is 0.496 e. The van der Waals surface area contributed by atoms with Gasteiger partial charge in [-0.1, -0.05) is 35.9 Å². The lowest BCUT2D eigenvalue weighted by molar-refractivity contribution is 0.0929. The van der Waals surface area contributed by atoms with E-state index in [2.05, 4.69) is 17.4 Å². The van der Waals surface area contributed by atoms with E-state index in [1.54, 1.807) is 12.1 Å². The molecule has 2 aromatic rings.